The average Bonchev–Trinajstić information content (AvgIpc) is 2.77. The molecular formula is C10H10Br2N2S2. The number of thiophene rings is 2. The van der Waals surface area contributed by atoms with Gasteiger partial charge in [-0.2, -0.15) is 0 Å². The number of hydrazine groups is 1. The van der Waals surface area contributed by atoms with E-state index in [2.05, 4.69) is 62.4 Å². The Morgan fingerprint density at radius 3 is 2.44 bits per heavy atom. The van der Waals surface area contributed by atoms with Crippen LogP contribution in [0.25, 0.3) is 0 Å². The second-order valence-corrected chi connectivity index (χ2v) is 7.89. The molecule has 0 fully saturated rings. The number of nitrogens with two attached hydrogens (primary N) is 1. The molecule has 0 radical (unpaired) electrons. The Morgan fingerprint density at radius 1 is 1.25 bits per heavy atom. The Bertz CT molecular complexity index is 473. The fourth-order valence-corrected chi connectivity index (χ4v) is 4.62. The van der Waals surface area contributed by atoms with Gasteiger partial charge in [0.2, 0.25) is 0 Å². The molecule has 6 heteroatoms. The molecule has 0 amide bonds. The lowest BCUT2D eigenvalue weighted by atomic mass is 10.2. The van der Waals surface area contributed by atoms with E-state index in [1.54, 1.807) is 22.7 Å². The van der Waals surface area contributed by atoms with E-state index in [9.17, 15) is 0 Å². The van der Waals surface area contributed by atoms with Crippen molar-refractivity contribution < 1.29 is 0 Å². The van der Waals surface area contributed by atoms with Crippen molar-refractivity contribution >= 4 is 54.5 Å². The smallest absolute Gasteiger partial charge is 0.0895 e. The van der Waals surface area contributed by atoms with Gasteiger partial charge >= 0.3 is 0 Å². The van der Waals surface area contributed by atoms with Gasteiger partial charge in [0.05, 0.1) is 9.83 Å². The van der Waals surface area contributed by atoms with Crippen LogP contribution >= 0.6 is 54.5 Å². The molecule has 0 aliphatic heterocycles. The molecule has 2 rings (SSSR count). The van der Waals surface area contributed by atoms with Crippen molar-refractivity contribution in [3.05, 3.63) is 41.1 Å². The lowest BCUT2D eigenvalue weighted by Crippen LogP contribution is -2.27. The summed E-state index contributed by atoms with van der Waals surface area (Å²) in [6.07, 6.45) is 0. The van der Waals surface area contributed by atoms with Crippen molar-refractivity contribution in [2.45, 2.75) is 13.0 Å². The van der Waals surface area contributed by atoms with E-state index in [1.165, 1.54) is 14.6 Å². The normalized spacial score (nSPS) is 13.0. The van der Waals surface area contributed by atoms with Gasteiger partial charge in [-0.1, -0.05) is 0 Å². The molecular weight excluding hydrogens is 372 g/mol. The van der Waals surface area contributed by atoms with E-state index >= 15 is 0 Å². The SMILES string of the molecule is Cc1ccc(C(NN)c2cc(Br)c(Br)s2)s1. The maximum Gasteiger partial charge on any atom is 0.0895 e. The van der Waals surface area contributed by atoms with Crippen LogP contribution in [0.3, 0.4) is 0 Å². The first-order valence-electron chi connectivity index (χ1n) is 4.59. The van der Waals surface area contributed by atoms with E-state index < -0.39 is 0 Å². The zero-order valence-electron chi connectivity index (χ0n) is 8.46. The largest absolute Gasteiger partial charge is 0.271 e. The highest BCUT2D eigenvalue weighted by Crippen LogP contribution is 2.38. The van der Waals surface area contributed by atoms with Crippen LogP contribution in [0.15, 0.2) is 26.5 Å². The number of hydrogen-bond donors (Lipinski definition) is 2. The maximum atomic E-state index is 5.64. The number of aryl methyl sites for hydroxylation is 1. The molecule has 1 unspecified atom stereocenters. The van der Waals surface area contributed by atoms with Crippen molar-refractivity contribution in [1.29, 1.82) is 0 Å². The monoisotopic (exact) mass is 380 g/mol. The van der Waals surface area contributed by atoms with Crippen LogP contribution in [0.2, 0.25) is 0 Å². The quantitative estimate of drug-likeness (QED) is 0.617. The van der Waals surface area contributed by atoms with Crippen molar-refractivity contribution in [2.75, 3.05) is 0 Å². The summed E-state index contributed by atoms with van der Waals surface area (Å²) in [5.41, 5.74) is 2.87. The molecule has 0 aliphatic rings. The van der Waals surface area contributed by atoms with Crippen LogP contribution < -0.4 is 11.3 Å². The third-order valence-electron chi connectivity index (χ3n) is 2.16. The van der Waals surface area contributed by atoms with Gasteiger partial charge in [0, 0.05) is 19.1 Å². The average molecular weight is 382 g/mol. The Labute approximate surface area is 119 Å². The predicted molar refractivity (Wildman–Crippen MR) is 77.9 cm³/mol. The third kappa shape index (κ3) is 2.57. The molecule has 1 atom stereocenters. The lowest BCUT2D eigenvalue weighted by Gasteiger charge is -2.11. The lowest BCUT2D eigenvalue weighted by molar-refractivity contribution is 0.656. The summed E-state index contributed by atoms with van der Waals surface area (Å²) in [6.45, 7) is 2.10. The maximum absolute atomic E-state index is 5.64. The van der Waals surface area contributed by atoms with Gasteiger partial charge in [-0.05, 0) is 57.0 Å². The minimum atomic E-state index is 0.0753. The Kier molecular flexibility index (Phi) is 4.21. The molecule has 2 heterocycles. The number of hydrogen-bond acceptors (Lipinski definition) is 4. The zero-order chi connectivity index (χ0) is 11.7. The summed E-state index contributed by atoms with van der Waals surface area (Å²) in [7, 11) is 0. The highest BCUT2D eigenvalue weighted by atomic mass is 79.9. The first kappa shape index (κ1) is 12.7. The molecule has 0 bridgehead atoms. The van der Waals surface area contributed by atoms with Gasteiger partial charge in [-0.25, -0.2) is 5.43 Å². The molecule has 0 saturated carbocycles. The van der Waals surface area contributed by atoms with Gasteiger partial charge in [-0.3, -0.25) is 5.84 Å². The van der Waals surface area contributed by atoms with E-state index in [4.69, 9.17) is 5.84 Å². The Morgan fingerprint density at radius 2 is 2.00 bits per heavy atom. The topological polar surface area (TPSA) is 38.0 Å². The third-order valence-corrected chi connectivity index (χ3v) is 6.55. The Hall–Kier alpha value is 0.280. The van der Waals surface area contributed by atoms with E-state index in [-0.39, 0.29) is 6.04 Å². The van der Waals surface area contributed by atoms with Gasteiger partial charge < -0.3 is 0 Å². The fourth-order valence-electron chi connectivity index (χ4n) is 1.42. The molecule has 2 nitrogen and oxygen atoms in total. The van der Waals surface area contributed by atoms with Crippen molar-refractivity contribution in [1.82, 2.24) is 5.43 Å². The van der Waals surface area contributed by atoms with E-state index in [0.29, 0.717) is 0 Å². The molecule has 0 aromatic carbocycles. The summed E-state index contributed by atoms with van der Waals surface area (Å²) in [4.78, 5) is 3.73. The van der Waals surface area contributed by atoms with Crippen LogP contribution in [0.1, 0.15) is 20.7 Å². The van der Waals surface area contributed by atoms with Gasteiger partial charge in [-0.15, -0.1) is 22.7 Å². The molecule has 0 aliphatic carbocycles. The second kappa shape index (κ2) is 5.29. The van der Waals surface area contributed by atoms with Crippen molar-refractivity contribution in [3.8, 4) is 0 Å². The van der Waals surface area contributed by atoms with Crippen LogP contribution in [0.5, 0.6) is 0 Å². The van der Waals surface area contributed by atoms with Crippen molar-refractivity contribution in [3.63, 3.8) is 0 Å². The molecule has 0 saturated heterocycles. The van der Waals surface area contributed by atoms with Gasteiger partial charge in [0.15, 0.2) is 0 Å². The summed E-state index contributed by atoms with van der Waals surface area (Å²) >= 11 is 10.4. The molecule has 16 heavy (non-hydrogen) atoms. The first-order valence-corrected chi connectivity index (χ1v) is 7.81. The van der Waals surface area contributed by atoms with Gasteiger partial charge in [0.25, 0.3) is 0 Å². The minimum Gasteiger partial charge on any atom is -0.271 e. The fraction of sp³-hybridized carbons (Fsp3) is 0.200. The minimum absolute atomic E-state index is 0.0753. The molecule has 2 aromatic rings. The Balaban J connectivity index is 2.36. The number of halogens is 2. The van der Waals surface area contributed by atoms with Crippen molar-refractivity contribution in [2.24, 2.45) is 5.84 Å². The standard InChI is InChI=1S/C10H10Br2N2S2/c1-5-2-3-7(15-5)9(14-13)8-4-6(11)10(12)16-8/h2-4,9,14H,13H2,1H3. The van der Waals surface area contributed by atoms with Crippen LogP contribution in [0.4, 0.5) is 0 Å². The number of rotatable bonds is 3. The zero-order valence-corrected chi connectivity index (χ0v) is 13.3. The molecule has 3 N–H and O–H groups in total. The summed E-state index contributed by atoms with van der Waals surface area (Å²) < 4.78 is 2.16. The highest BCUT2D eigenvalue weighted by Gasteiger charge is 2.17. The van der Waals surface area contributed by atoms with Crippen LogP contribution in [-0.4, -0.2) is 0 Å². The summed E-state index contributed by atoms with van der Waals surface area (Å²) in [6, 6.07) is 6.40. The van der Waals surface area contributed by atoms with Gasteiger partial charge in [0.1, 0.15) is 0 Å². The highest BCUT2D eigenvalue weighted by molar-refractivity contribution is 9.13. The predicted octanol–water partition coefficient (Wildman–Crippen LogP) is 4.20. The molecule has 0 spiro atoms. The van der Waals surface area contributed by atoms with Crippen LogP contribution in [0, 0.1) is 6.92 Å². The van der Waals surface area contributed by atoms with E-state index in [1.807, 2.05) is 0 Å². The second-order valence-electron chi connectivity index (χ2n) is 3.32. The summed E-state index contributed by atoms with van der Waals surface area (Å²) in [5, 5.41) is 0. The number of nitrogens with one attached hydrogen (secondary N) is 1. The molecule has 86 valence electrons. The first-order chi connectivity index (χ1) is 7.61. The van der Waals surface area contributed by atoms with E-state index in [0.717, 1.165) is 8.26 Å². The molecule has 2 aromatic heterocycles. The summed E-state index contributed by atoms with van der Waals surface area (Å²) in [5.74, 6) is 5.64. The van der Waals surface area contributed by atoms with Crippen LogP contribution in [-0.2, 0) is 0 Å².